The van der Waals surface area contributed by atoms with E-state index in [1.807, 2.05) is 63.2 Å². The first-order valence-electron chi connectivity index (χ1n) is 18.4. The lowest BCUT2D eigenvalue weighted by Gasteiger charge is -2.41. The SMILES string of the molecule is CCCCNC(=O)C[C@H](O)[C@H](Cc1ccccc1)NC(=O)CC1CN(Cc2cc(OC)c(OC)c(OC)c2)CCN1C(=O)c1ccc(OC(C)C)cc1. The van der Waals surface area contributed by atoms with Gasteiger partial charge in [-0.25, -0.2) is 0 Å². The molecule has 0 aliphatic carbocycles. The fourth-order valence-corrected chi connectivity index (χ4v) is 6.54. The molecular weight excluding hydrogens is 676 g/mol. The number of carbonyl (C=O) groups is 3. The standard InChI is InChI=1S/C41H56N4O8/c1-7-8-18-42-38(47)25-35(46)34(21-29-12-10-9-11-13-29)43-39(48)24-32-27-44(26-30-22-36(50-4)40(52-6)37(23-30)51-5)19-20-45(32)41(49)31-14-16-33(17-15-31)53-28(2)3/h9-17,22-23,28,32,34-35,46H,7-8,18-21,24-27H2,1-6H3,(H,42,47)(H,43,48)/t32?,34-,35-/m0/s1. The summed E-state index contributed by atoms with van der Waals surface area (Å²) in [4.78, 5) is 44.6. The molecule has 1 aliphatic rings. The Balaban J connectivity index is 1.56. The minimum atomic E-state index is -1.12. The maximum absolute atomic E-state index is 14.0. The van der Waals surface area contributed by atoms with Gasteiger partial charge in [0.2, 0.25) is 17.6 Å². The Morgan fingerprint density at radius 2 is 1.57 bits per heavy atom. The van der Waals surface area contributed by atoms with Crippen LogP contribution in [-0.2, 0) is 22.6 Å². The number of benzene rings is 3. The first-order valence-corrected chi connectivity index (χ1v) is 18.4. The van der Waals surface area contributed by atoms with E-state index in [0.717, 1.165) is 24.0 Å². The Kier molecular flexibility index (Phi) is 15.8. The Morgan fingerprint density at radius 3 is 2.17 bits per heavy atom. The number of hydrogen-bond donors (Lipinski definition) is 3. The molecule has 12 heteroatoms. The zero-order chi connectivity index (χ0) is 38.3. The van der Waals surface area contributed by atoms with E-state index in [1.165, 1.54) is 0 Å². The van der Waals surface area contributed by atoms with Crippen LogP contribution in [0.25, 0.3) is 0 Å². The quantitative estimate of drug-likeness (QED) is 0.151. The number of nitrogens with zero attached hydrogens (tertiary/aromatic N) is 2. The molecule has 0 saturated carbocycles. The molecule has 0 aromatic heterocycles. The number of aliphatic hydroxyl groups is 1. The molecule has 4 rings (SSSR count). The van der Waals surface area contributed by atoms with E-state index in [2.05, 4.69) is 15.5 Å². The maximum atomic E-state index is 14.0. The highest BCUT2D eigenvalue weighted by Gasteiger charge is 2.34. The molecule has 3 aromatic carbocycles. The summed E-state index contributed by atoms with van der Waals surface area (Å²) in [5.74, 6) is 1.47. The monoisotopic (exact) mass is 732 g/mol. The van der Waals surface area contributed by atoms with Gasteiger partial charge in [0, 0.05) is 44.7 Å². The third-order valence-electron chi connectivity index (χ3n) is 9.21. The van der Waals surface area contributed by atoms with E-state index in [0.29, 0.717) is 67.7 Å². The van der Waals surface area contributed by atoms with E-state index in [4.69, 9.17) is 18.9 Å². The topological polar surface area (TPSA) is 139 Å². The molecule has 0 spiro atoms. The highest BCUT2D eigenvalue weighted by molar-refractivity contribution is 5.95. The number of methoxy groups -OCH3 is 3. The van der Waals surface area contributed by atoms with Crippen molar-refractivity contribution < 1.29 is 38.4 Å². The number of amides is 3. The molecule has 3 N–H and O–H groups in total. The zero-order valence-electron chi connectivity index (χ0n) is 31.9. The molecule has 1 saturated heterocycles. The van der Waals surface area contributed by atoms with E-state index in [-0.39, 0.29) is 36.7 Å². The van der Waals surface area contributed by atoms with Gasteiger partial charge in [-0.2, -0.15) is 0 Å². The predicted molar refractivity (Wildman–Crippen MR) is 204 cm³/mol. The minimum Gasteiger partial charge on any atom is -0.493 e. The summed E-state index contributed by atoms with van der Waals surface area (Å²) >= 11 is 0. The van der Waals surface area contributed by atoms with Crippen LogP contribution in [0.15, 0.2) is 66.7 Å². The first-order chi connectivity index (χ1) is 25.5. The van der Waals surface area contributed by atoms with Crippen molar-refractivity contribution in [3.63, 3.8) is 0 Å². The van der Waals surface area contributed by atoms with Crippen LogP contribution in [-0.4, -0.2) is 104 Å². The molecule has 3 amide bonds. The Morgan fingerprint density at radius 1 is 0.887 bits per heavy atom. The molecule has 53 heavy (non-hydrogen) atoms. The Hall–Kier alpha value is -4.81. The Labute approximate surface area is 313 Å². The molecule has 12 nitrogen and oxygen atoms in total. The summed E-state index contributed by atoms with van der Waals surface area (Å²) in [7, 11) is 4.70. The summed E-state index contributed by atoms with van der Waals surface area (Å²) < 4.78 is 22.4. The largest absolute Gasteiger partial charge is 0.493 e. The van der Waals surface area contributed by atoms with E-state index in [9.17, 15) is 19.5 Å². The van der Waals surface area contributed by atoms with Crippen molar-refractivity contribution in [3.05, 3.63) is 83.4 Å². The number of nitrogens with one attached hydrogen (secondary N) is 2. The number of carbonyl (C=O) groups excluding carboxylic acids is 3. The molecule has 1 aliphatic heterocycles. The summed E-state index contributed by atoms with van der Waals surface area (Å²) in [6.07, 6.45) is 0.844. The van der Waals surface area contributed by atoms with Gasteiger partial charge in [0.05, 0.1) is 52.0 Å². The summed E-state index contributed by atoms with van der Waals surface area (Å²) in [6.45, 7) is 8.34. The molecule has 288 valence electrons. The lowest BCUT2D eigenvalue weighted by atomic mass is 9.98. The minimum absolute atomic E-state index is 0.00200. The van der Waals surface area contributed by atoms with Gasteiger partial charge in [0.25, 0.3) is 5.91 Å². The number of unbranched alkanes of at least 4 members (excludes halogenated alkanes) is 1. The molecule has 1 fully saturated rings. The fourth-order valence-electron chi connectivity index (χ4n) is 6.54. The first kappa shape index (κ1) is 41.0. The third kappa shape index (κ3) is 12.1. The second-order valence-corrected chi connectivity index (χ2v) is 13.7. The maximum Gasteiger partial charge on any atom is 0.254 e. The van der Waals surface area contributed by atoms with Crippen molar-refractivity contribution in [2.75, 3.05) is 47.5 Å². The van der Waals surface area contributed by atoms with Crippen LogP contribution in [0.2, 0.25) is 0 Å². The number of aliphatic hydroxyl groups excluding tert-OH is 1. The van der Waals surface area contributed by atoms with Gasteiger partial charge in [-0.3, -0.25) is 19.3 Å². The molecule has 3 aromatic rings. The molecular formula is C41H56N4O8. The van der Waals surface area contributed by atoms with Crippen LogP contribution in [0.3, 0.4) is 0 Å². The predicted octanol–water partition coefficient (Wildman–Crippen LogP) is 4.61. The van der Waals surface area contributed by atoms with Crippen LogP contribution in [0, 0.1) is 0 Å². The average Bonchev–Trinajstić information content (AvgIpc) is 3.14. The average molecular weight is 733 g/mol. The van der Waals surface area contributed by atoms with Crippen LogP contribution in [0.1, 0.15) is 67.9 Å². The van der Waals surface area contributed by atoms with Crippen molar-refractivity contribution in [2.24, 2.45) is 0 Å². The number of hydrogen-bond acceptors (Lipinski definition) is 9. The van der Waals surface area contributed by atoms with Crippen molar-refractivity contribution in [2.45, 2.75) is 83.7 Å². The summed E-state index contributed by atoms with van der Waals surface area (Å²) in [6, 6.07) is 19.2. The normalized spacial score (nSPS) is 15.7. The van der Waals surface area contributed by atoms with Crippen molar-refractivity contribution in [3.8, 4) is 23.0 Å². The van der Waals surface area contributed by atoms with Gasteiger partial charge in [-0.1, -0.05) is 43.7 Å². The Bertz CT molecular complexity index is 1590. The van der Waals surface area contributed by atoms with Crippen molar-refractivity contribution >= 4 is 17.7 Å². The van der Waals surface area contributed by atoms with Crippen LogP contribution >= 0.6 is 0 Å². The van der Waals surface area contributed by atoms with Gasteiger partial charge in [-0.15, -0.1) is 0 Å². The van der Waals surface area contributed by atoms with Crippen LogP contribution in [0.5, 0.6) is 23.0 Å². The highest BCUT2D eigenvalue weighted by Crippen LogP contribution is 2.38. The van der Waals surface area contributed by atoms with Crippen molar-refractivity contribution in [1.29, 1.82) is 0 Å². The summed E-state index contributed by atoms with van der Waals surface area (Å²) in [5.41, 5.74) is 2.33. The second-order valence-electron chi connectivity index (χ2n) is 13.7. The van der Waals surface area contributed by atoms with Gasteiger partial charge in [0.1, 0.15) is 5.75 Å². The number of ether oxygens (including phenoxy) is 4. The lowest BCUT2D eigenvalue weighted by Crippen LogP contribution is -2.57. The van der Waals surface area contributed by atoms with E-state index in [1.54, 1.807) is 50.5 Å². The van der Waals surface area contributed by atoms with E-state index >= 15 is 0 Å². The second kappa shape index (κ2) is 20.4. The highest BCUT2D eigenvalue weighted by atomic mass is 16.5. The van der Waals surface area contributed by atoms with Gasteiger partial charge >= 0.3 is 0 Å². The fraction of sp³-hybridized carbons (Fsp3) is 0.488. The third-order valence-corrected chi connectivity index (χ3v) is 9.21. The summed E-state index contributed by atoms with van der Waals surface area (Å²) in [5, 5.41) is 17.1. The van der Waals surface area contributed by atoms with Crippen molar-refractivity contribution in [1.82, 2.24) is 20.4 Å². The van der Waals surface area contributed by atoms with E-state index < -0.39 is 18.2 Å². The van der Waals surface area contributed by atoms with Crippen LogP contribution < -0.4 is 29.6 Å². The van der Waals surface area contributed by atoms with Crippen LogP contribution in [0.4, 0.5) is 0 Å². The molecule has 1 unspecified atom stereocenters. The van der Waals surface area contributed by atoms with Gasteiger partial charge < -0.3 is 39.6 Å². The molecule has 0 bridgehead atoms. The lowest BCUT2D eigenvalue weighted by molar-refractivity contribution is -0.127. The molecule has 1 heterocycles. The molecule has 0 radical (unpaired) electrons. The van der Waals surface area contributed by atoms with Gasteiger partial charge in [0.15, 0.2) is 11.5 Å². The zero-order valence-corrected chi connectivity index (χ0v) is 31.9. The smallest absolute Gasteiger partial charge is 0.254 e. The van der Waals surface area contributed by atoms with Gasteiger partial charge in [-0.05, 0) is 74.2 Å². The number of piperazine rings is 1. The number of rotatable bonds is 19. The molecule has 3 atom stereocenters.